The highest BCUT2D eigenvalue weighted by Gasteiger charge is 2.58. The smallest absolute Gasteiger partial charge is 0.189 e. The number of benzene rings is 1. The van der Waals surface area contributed by atoms with Gasteiger partial charge in [-0.05, 0) is 35.1 Å². The minimum atomic E-state index is -1.62. The van der Waals surface area contributed by atoms with Crippen molar-refractivity contribution in [3.05, 3.63) is 47.0 Å². The maximum atomic E-state index is 10.1. The standard InChI is InChI=1S/C24H27N5/c1-5-29-11-10-18-19(12-25)22(28)24(14-26,15-27)21(20(18)13-29)16-6-8-17(9-7-16)23(2,3)4/h6-10,19-21,28H,5,11,13H2,1-4H3/p+1/t19?,20-,21-/m1/s1. The molecule has 5 nitrogen and oxygen atoms in total. The molecule has 4 atom stereocenters. The fourth-order valence-electron chi connectivity index (χ4n) is 4.82. The van der Waals surface area contributed by atoms with Crippen LogP contribution >= 0.6 is 0 Å². The van der Waals surface area contributed by atoms with E-state index in [0.29, 0.717) is 0 Å². The Morgan fingerprint density at radius 3 is 2.24 bits per heavy atom. The number of hydrogen-bond donors (Lipinski definition) is 2. The van der Waals surface area contributed by atoms with E-state index in [2.05, 4.69) is 64.1 Å². The fraction of sp³-hybridized carbons (Fsp3) is 0.500. The Bertz CT molecular complexity index is 945. The highest BCUT2D eigenvalue weighted by Crippen LogP contribution is 2.52. The van der Waals surface area contributed by atoms with Gasteiger partial charge in [-0.1, -0.05) is 45.0 Å². The van der Waals surface area contributed by atoms with Gasteiger partial charge < -0.3 is 10.3 Å². The van der Waals surface area contributed by atoms with Crippen molar-refractivity contribution in [2.75, 3.05) is 19.6 Å². The van der Waals surface area contributed by atoms with E-state index in [1.807, 2.05) is 12.1 Å². The summed E-state index contributed by atoms with van der Waals surface area (Å²) in [6, 6.07) is 14.7. The van der Waals surface area contributed by atoms with Gasteiger partial charge in [0.1, 0.15) is 5.92 Å². The second-order valence-electron chi connectivity index (χ2n) is 9.18. The highest BCUT2D eigenvalue weighted by atomic mass is 15.1. The third-order valence-electron chi connectivity index (χ3n) is 6.60. The molecule has 0 amide bonds. The van der Waals surface area contributed by atoms with Gasteiger partial charge in [0.25, 0.3) is 0 Å². The Morgan fingerprint density at radius 2 is 1.76 bits per heavy atom. The Morgan fingerprint density at radius 1 is 1.14 bits per heavy atom. The summed E-state index contributed by atoms with van der Waals surface area (Å²) in [5.41, 5.74) is 1.31. The fourth-order valence-corrected chi connectivity index (χ4v) is 4.82. The summed E-state index contributed by atoms with van der Waals surface area (Å²) >= 11 is 0. The molecule has 1 saturated carbocycles. The molecule has 0 bridgehead atoms. The van der Waals surface area contributed by atoms with Crippen LogP contribution in [0.4, 0.5) is 0 Å². The summed E-state index contributed by atoms with van der Waals surface area (Å²) in [4.78, 5) is 1.37. The van der Waals surface area contributed by atoms with Gasteiger partial charge in [-0.25, -0.2) is 0 Å². The van der Waals surface area contributed by atoms with Gasteiger partial charge in [-0.3, -0.25) is 0 Å². The van der Waals surface area contributed by atoms with Crippen LogP contribution in [0.5, 0.6) is 0 Å². The third kappa shape index (κ3) is 3.25. The van der Waals surface area contributed by atoms with E-state index in [1.54, 1.807) is 0 Å². The highest BCUT2D eigenvalue weighted by molar-refractivity contribution is 6.00. The minimum Gasteiger partial charge on any atom is -0.331 e. The van der Waals surface area contributed by atoms with Crippen molar-refractivity contribution in [2.45, 2.75) is 39.0 Å². The summed E-state index contributed by atoms with van der Waals surface area (Å²) in [6.07, 6.45) is 2.07. The Balaban J connectivity index is 2.20. The molecule has 0 aromatic heterocycles. The third-order valence-corrected chi connectivity index (χ3v) is 6.60. The molecule has 3 rings (SSSR count). The van der Waals surface area contributed by atoms with Crippen LogP contribution in [0.15, 0.2) is 35.9 Å². The number of rotatable bonds is 2. The number of fused-ring (bicyclic) bond motifs is 1. The second kappa shape index (κ2) is 7.47. The number of nitrogens with zero attached hydrogens (tertiary/aromatic N) is 3. The van der Waals surface area contributed by atoms with E-state index in [9.17, 15) is 15.8 Å². The van der Waals surface area contributed by atoms with Gasteiger partial charge >= 0.3 is 0 Å². The Labute approximate surface area is 173 Å². The summed E-state index contributed by atoms with van der Waals surface area (Å²) in [5, 5.41) is 38.7. The first-order valence-electron chi connectivity index (χ1n) is 10.2. The zero-order valence-electron chi connectivity index (χ0n) is 17.6. The zero-order chi connectivity index (χ0) is 21.4. The van der Waals surface area contributed by atoms with E-state index in [4.69, 9.17) is 5.41 Å². The molecule has 0 saturated heterocycles. The maximum Gasteiger partial charge on any atom is 0.189 e. The maximum absolute atomic E-state index is 10.1. The normalized spacial score (nSPS) is 28.3. The summed E-state index contributed by atoms with van der Waals surface area (Å²) in [5.74, 6) is -1.34. The molecule has 0 spiro atoms. The molecule has 2 unspecified atom stereocenters. The van der Waals surface area contributed by atoms with Gasteiger partial charge in [0, 0.05) is 11.8 Å². The van der Waals surface area contributed by atoms with Crippen LogP contribution in [0.25, 0.3) is 0 Å². The van der Waals surface area contributed by atoms with Gasteiger partial charge in [0.05, 0.1) is 43.6 Å². The number of likely N-dealkylation sites (N-methyl/N-ethyl adjacent to an activating group) is 1. The SMILES string of the molecule is CC[NH+]1CC=C2C(C#N)C(=N)C(C#N)(C#N)[C@H](c3ccc(C(C)(C)C)cc3)[C@@H]2C1. The number of nitrogens with one attached hydrogen (secondary N) is 2. The largest absolute Gasteiger partial charge is 0.331 e. The molecule has 1 aliphatic carbocycles. The number of hydrogen-bond acceptors (Lipinski definition) is 4. The molecule has 148 valence electrons. The first-order valence-corrected chi connectivity index (χ1v) is 10.2. The average Bonchev–Trinajstić information content (AvgIpc) is 2.72. The molecule has 1 heterocycles. The molecule has 1 aromatic rings. The summed E-state index contributed by atoms with van der Waals surface area (Å²) in [7, 11) is 0. The van der Waals surface area contributed by atoms with Crippen molar-refractivity contribution in [3.63, 3.8) is 0 Å². The van der Waals surface area contributed by atoms with Crippen molar-refractivity contribution in [1.82, 2.24) is 0 Å². The topological polar surface area (TPSA) is 99.7 Å². The lowest BCUT2D eigenvalue weighted by Gasteiger charge is -2.46. The predicted molar refractivity (Wildman–Crippen MR) is 111 cm³/mol. The quantitative estimate of drug-likeness (QED) is 0.764. The van der Waals surface area contributed by atoms with Crippen LogP contribution in [0.3, 0.4) is 0 Å². The van der Waals surface area contributed by atoms with Crippen LogP contribution in [-0.2, 0) is 5.41 Å². The molecule has 1 fully saturated rings. The predicted octanol–water partition coefficient (Wildman–Crippen LogP) is 2.74. The van der Waals surface area contributed by atoms with E-state index >= 15 is 0 Å². The monoisotopic (exact) mass is 386 g/mol. The molecule has 0 radical (unpaired) electrons. The second-order valence-corrected chi connectivity index (χ2v) is 9.18. The molecular weight excluding hydrogens is 358 g/mol. The van der Waals surface area contributed by atoms with Crippen LogP contribution in [-0.4, -0.2) is 25.3 Å². The van der Waals surface area contributed by atoms with E-state index in [1.165, 1.54) is 10.5 Å². The van der Waals surface area contributed by atoms with Gasteiger partial charge in [0.2, 0.25) is 0 Å². The summed E-state index contributed by atoms with van der Waals surface area (Å²) < 4.78 is 0. The minimum absolute atomic E-state index is 0.00428. The van der Waals surface area contributed by atoms with Crippen molar-refractivity contribution in [1.29, 1.82) is 21.2 Å². The van der Waals surface area contributed by atoms with Crippen molar-refractivity contribution in [3.8, 4) is 18.2 Å². The molecule has 1 aliphatic heterocycles. The summed E-state index contributed by atoms with van der Waals surface area (Å²) in [6.45, 7) is 11.1. The van der Waals surface area contributed by atoms with Crippen LogP contribution in [0, 0.1) is 56.7 Å². The van der Waals surface area contributed by atoms with Gasteiger partial charge in [-0.2, -0.15) is 15.8 Å². The first-order chi connectivity index (χ1) is 13.7. The first kappa shape index (κ1) is 20.8. The van der Waals surface area contributed by atoms with Crippen molar-refractivity contribution >= 4 is 5.71 Å². The molecule has 1 aromatic carbocycles. The number of nitriles is 3. The molecule has 2 aliphatic rings. The Hall–Kier alpha value is -2.94. The van der Waals surface area contributed by atoms with Gasteiger partial charge in [0.15, 0.2) is 5.41 Å². The van der Waals surface area contributed by atoms with Gasteiger partial charge in [-0.15, -0.1) is 0 Å². The van der Waals surface area contributed by atoms with Crippen molar-refractivity contribution in [2.24, 2.45) is 17.3 Å². The lowest BCUT2D eigenvalue weighted by molar-refractivity contribution is -0.897. The lowest BCUT2D eigenvalue weighted by atomic mass is 9.54. The molecule has 2 N–H and O–H groups in total. The Kier molecular flexibility index (Phi) is 5.36. The van der Waals surface area contributed by atoms with Crippen LogP contribution in [0.2, 0.25) is 0 Å². The molecular formula is C24H28N5+. The lowest BCUT2D eigenvalue weighted by Crippen LogP contribution is -3.13. The van der Waals surface area contributed by atoms with Crippen molar-refractivity contribution < 1.29 is 4.90 Å². The average molecular weight is 387 g/mol. The van der Waals surface area contributed by atoms with E-state index < -0.39 is 17.3 Å². The van der Waals surface area contributed by atoms with Crippen LogP contribution < -0.4 is 4.90 Å². The van der Waals surface area contributed by atoms with E-state index in [-0.39, 0.29) is 17.0 Å². The number of quaternary nitrogens is 1. The zero-order valence-corrected chi connectivity index (χ0v) is 17.6. The van der Waals surface area contributed by atoms with Crippen LogP contribution in [0.1, 0.15) is 44.7 Å². The van der Waals surface area contributed by atoms with E-state index in [0.717, 1.165) is 30.8 Å². The molecule has 29 heavy (non-hydrogen) atoms. The molecule has 5 heteroatoms.